The molecule has 1 unspecified atom stereocenters. The smallest absolute Gasteiger partial charge is 0.338 e. The van der Waals surface area contributed by atoms with Crippen LogP contribution >= 0.6 is 0 Å². The lowest BCUT2D eigenvalue weighted by atomic mass is 9.83. The molecule has 2 N–H and O–H groups in total. The van der Waals surface area contributed by atoms with Gasteiger partial charge < -0.3 is 19.9 Å². The standard InChI is InChI=1S/C21H24F2N2O4/c1-4-6-7-8-28-19-15(22)9-13(10-16(19)23)18-14(11-24)20(25)29-12(3)17(18)21(26)27-5-2/h9-10,18H,4-8,25H2,1-3H3. The summed E-state index contributed by atoms with van der Waals surface area (Å²) in [6.45, 7) is 5.36. The number of hydrogen-bond donors (Lipinski definition) is 1. The Hall–Kier alpha value is -3.08. The maximum atomic E-state index is 14.6. The predicted molar refractivity (Wildman–Crippen MR) is 101 cm³/mol. The molecule has 2 rings (SSSR count). The molecule has 0 amide bonds. The number of esters is 1. The third-order valence-corrected chi connectivity index (χ3v) is 4.45. The molecule has 1 aromatic carbocycles. The lowest BCUT2D eigenvalue weighted by Gasteiger charge is -2.27. The number of unbranched alkanes of at least 4 members (excludes halogenated alkanes) is 2. The molecule has 29 heavy (non-hydrogen) atoms. The number of hydrogen-bond acceptors (Lipinski definition) is 6. The van der Waals surface area contributed by atoms with E-state index >= 15 is 0 Å². The number of rotatable bonds is 8. The minimum atomic E-state index is -1.12. The molecule has 0 aliphatic carbocycles. The lowest BCUT2D eigenvalue weighted by molar-refractivity contribution is -0.139. The van der Waals surface area contributed by atoms with Crippen molar-refractivity contribution < 1.29 is 27.8 Å². The first-order valence-corrected chi connectivity index (χ1v) is 9.42. The van der Waals surface area contributed by atoms with Crippen LogP contribution < -0.4 is 10.5 Å². The maximum Gasteiger partial charge on any atom is 0.338 e. The van der Waals surface area contributed by atoms with Crippen LogP contribution in [0.15, 0.2) is 34.9 Å². The fourth-order valence-corrected chi connectivity index (χ4v) is 3.10. The van der Waals surface area contributed by atoms with E-state index in [9.17, 15) is 18.8 Å². The molecule has 0 fully saturated rings. The highest BCUT2D eigenvalue weighted by atomic mass is 19.1. The molecule has 0 spiro atoms. The highest BCUT2D eigenvalue weighted by Crippen LogP contribution is 2.41. The van der Waals surface area contributed by atoms with Crippen LogP contribution in [0, 0.1) is 23.0 Å². The Labute approximate surface area is 168 Å². The molecule has 0 aromatic heterocycles. The molecule has 1 aromatic rings. The van der Waals surface area contributed by atoms with Crippen molar-refractivity contribution >= 4 is 5.97 Å². The van der Waals surface area contributed by atoms with E-state index in [4.69, 9.17) is 19.9 Å². The Kier molecular flexibility index (Phi) is 7.59. The number of halogens is 2. The number of carbonyl (C=O) groups excluding carboxylic acids is 1. The number of nitrogens with two attached hydrogens (primary N) is 1. The quantitative estimate of drug-likeness (QED) is 0.514. The third-order valence-electron chi connectivity index (χ3n) is 4.45. The molecule has 6 nitrogen and oxygen atoms in total. The summed E-state index contributed by atoms with van der Waals surface area (Å²) in [5, 5.41) is 9.51. The van der Waals surface area contributed by atoms with Crippen molar-refractivity contribution in [2.75, 3.05) is 13.2 Å². The van der Waals surface area contributed by atoms with Crippen molar-refractivity contribution in [3.05, 3.63) is 52.1 Å². The Balaban J connectivity index is 2.49. The van der Waals surface area contributed by atoms with Gasteiger partial charge in [-0.25, -0.2) is 13.6 Å². The Morgan fingerprint density at radius 2 is 1.93 bits per heavy atom. The first-order chi connectivity index (χ1) is 13.8. The molecule has 0 saturated heterocycles. The summed E-state index contributed by atoms with van der Waals surface area (Å²) in [6.07, 6.45) is 2.50. The zero-order chi connectivity index (χ0) is 21.6. The van der Waals surface area contributed by atoms with Crippen molar-refractivity contribution in [2.24, 2.45) is 5.73 Å². The predicted octanol–water partition coefficient (Wildman–Crippen LogP) is 4.18. The van der Waals surface area contributed by atoms with Gasteiger partial charge in [-0.2, -0.15) is 5.26 Å². The van der Waals surface area contributed by atoms with Gasteiger partial charge in [0.1, 0.15) is 17.4 Å². The Bertz CT molecular complexity index is 864. The van der Waals surface area contributed by atoms with E-state index in [1.54, 1.807) is 6.92 Å². The monoisotopic (exact) mass is 406 g/mol. The molecule has 156 valence electrons. The molecule has 8 heteroatoms. The third kappa shape index (κ3) is 4.86. The molecule has 0 bridgehead atoms. The molecule has 0 saturated carbocycles. The van der Waals surface area contributed by atoms with Crippen molar-refractivity contribution in [3.8, 4) is 11.8 Å². The number of nitrogens with zero attached hydrogens (tertiary/aromatic N) is 1. The van der Waals surface area contributed by atoms with Gasteiger partial charge in [-0.05, 0) is 38.0 Å². The minimum absolute atomic E-state index is 0.0334. The highest BCUT2D eigenvalue weighted by molar-refractivity contribution is 5.92. The summed E-state index contributed by atoms with van der Waals surface area (Å²) in [4.78, 5) is 12.5. The molecule has 1 aliphatic rings. The van der Waals surface area contributed by atoms with Gasteiger partial charge in [0.2, 0.25) is 5.88 Å². The van der Waals surface area contributed by atoms with Crippen LogP contribution in [0.1, 0.15) is 51.5 Å². The minimum Gasteiger partial charge on any atom is -0.488 e. The van der Waals surface area contributed by atoms with E-state index in [0.29, 0.717) is 6.42 Å². The molecule has 0 radical (unpaired) electrons. The zero-order valence-electron chi connectivity index (χ0n) is 16.7. The second-order valence-corrected chi connectivity index (χ2v) is 6.48. The van der Waals surface area contributed by atoms with E-state index < -0.39 is 29.3 Å². The van der Waals surface area contributed by atoms with Crippen LogP contribution in [0.25, 0.3) is 0 Å². The van der Waals surface area contributed by atoms with Crippen molar-refractivity contribution in [2.45, 2.75) is 46.0 Å². The van der Waals surface area contributed by atoms with E-state index in [-0.39, 0.29) is 41.6 Å². The van der Waals surface area contributed by atoms with Gasteiger partial charge in [0.05, 0.1) is 24.7 Å². The maximum absolute atomic E-state index is 14.6. The summed E-state index contributed by atoms with van der Waals surface area (Å²) < 4.78 is 44.8. The van der Waals surface area contributed by atoms with E-state index in [1.165, 1.54) is 6.92 Å². The summed E-state index contributed by atoms with van der Waals surface area (Å²) in [5.74, 6) is -4.36. The fraction of sp³-hybridized carbons (Fsp3) is 0.429. The van der Waals surface area contributed by atoms with Gasteiger partial charge in [0.25, 0.3) is 0 Å². The van der Waals surface area contributed by atoms with Gasteiger partial charge in [0, 0.05) is 0 Å². The van der Waals surface area contributed by atoms with Crippen LogP contribution in [0.3, 0.4) is 0 Å². The number of carbonyl (C=O) groups is 1. The summed E-state index contributed by atoms with van der Waals surface area (Å²) >= 11 is 0. The lowest BCUT2D eigenvalue weighted by Crippen LogP contribution is -2.25. The first kappa shape index (κ1) is 22.2. The van der Waals surface area contributed by atoms with Crippen LogP contribution in [-0.2, 0) is 14.3 Å². The van der Waals surface area contributed by atoms with Gasteiger partial charge in [-0.3, -0.25) is 0 Å². The molecule has 1 heterocycles. The topological polar surface area (TPSA) is 94.6 Å². The van der Waals surface area contributed by atoms with Crippen LogP contribution in [0.4, 0.5) is 8.78 Å². The SMILES string of the molecule is CCCCCOc1c(F)cc(C2C(C#N)=C(N)OC(C)=C2C(=O)OCC)cc1F. The average molecular weight is 406 g/mol. The van der Waals surface area contributed by atoms with E-state index in [0.717, 1.165) is 25.0 Å². The van der Waals surface area contributed by atoms with E-state index in [1.807, 2.05) is 13.0 Å². The fourth-order valence-electron chi connectivity index (χ4n) is 3.10. The Morgan fingerprint density at radius 3 is 2.48 bits per heavy atom. The van der Waals surface area contributed by atoms with Crippen molar-refractivity contribution in [1.82, 2.24) is 0 Å². The number of ether oxygens (including phenoxy) is 3. The number of benzene rings is 1. The number of nitriles is 1. The summed E-state index contributed by atoms with van der Waals surface area (Å²) in [6, 6.07) is 3.93. The van der Waals surface area contributed by atoms with E-state index in [2.05, 4.69) is 0 Å². The zero-order valence-corrected chi connectivity index (χ0v) is 16.7. The molecule has 1 aliphatic heterocycles. The first-order valence-electron chi connectivity index (χ1n) is 9.42. The van der Waals surface area contributed by atoms with Crippen LogP contribution in [0.5, 0.6) is 5.75 Å². The normalized spacial score (nSPS) is 16.3. The van der Waals surface area contributed by atoms with Crippen molar-refractivity contribution in [1.29, 1.82) is 5.26 Å². The van der Waals surface area contributed by atoms with Gasteiger partial charge in [-0.15, -0.1) is 0 Å². The second-order valence-electron chi connectivity index (χ2n) is 6.48. The van der Waals surface area contributed by atoms with Gasteiger partial charge in [-0.1, -0.05) is 19.8 Å². The van der Waals surface area contributed by atoms with Gasteiger partial charge in [0.15, 0.2) is 17.4 Å². The molecular weight excluding hydrogens is 382 g/mol. The highest BCUT2D eigenvalue weighted by Gasteiger charge is 2.37. The largest absolute Gasteiger partial charge is 0.488 e. The van der Waals surface area contributed by atoms with Crippen LogP contribution in [-0.4, -0.2) is 19.2 Å². The summed E-state index contributed by atoms with van der Waals surface area (Å²) in [7, 11) is 0. The average Bonchev–Trinajstić information content (AvgIpc) is 2.66. The second kappa shape index (κ2) is 9.92. The Morgan fingerprint density at radius 1 is 1.28 bits per heavy atom. The molecular formula is C21H24F2N2O4. The van der Waals surface area contributed by atoms with Crippen molar-refractivity contribution in [3.63, 3.8) is 0 Å². The molecule has 1 atom stereocenters. The number of allylic oxidation sites excluding steroid dienone is 2. The summed E-state index contributed by atoms with van der Waals surface area (Å²) in [5.41, 5.74) is 5.65. The van der Waals surface area contributed by atoms with Gasteiger partial charge >= 0.3 is 5.97 Å². The van der Waals surface area contributed by atoms with Crippen LogP contribution in [0.2, 0.25) is 0 Å².